The van der Waals surface area contributed by atoms with Gasteiger partial charge in [-0.15, -0.1) is 0 Å². The van der Waals surface area contributed by atoms with E-state index in [1.54, 1.807) is 62.0 Å². The number of ketones is 1. The van der Waals surface area contributed by atoms with Crippen LogP contribution in [0, 0.1) is 0 Å². The summed E-state index contributed by atoms with van der Waals surface area (Å²) in [6, 6.07) is 8.21. The molecular weight excluding hydrogens is 308 g/mol. The maximum absolute atomic E-state index is 12.3. The van der Waals surface area contributed by atoms with Crippen LogP contribution in [-0.4, -0.2) is 27.3 Å². The Labute approximate surface area is 140 Å². The van der Waals surface area contributed by atoms with Crippen molar-refractivity contribution in [2.75, 3.05) is 5.32 Å². The van der Waals surface area contributed by atoms with Crippen molar-refractivity contribution in [3.05, 3.63) is 53.3 Å². The third kappa shape index (κ3) is 3.37. The molecule has 2 aromatic rings. The molecule has 2 rings (SSSR count). The summed E-state index contributed by atoms with van der Waals surface area (Å²) in [5.41, 5.74) is 1.04. The third-order valence-corrected chi connectivity index (χ3v) is 4.04. The van der Waals surface area contributed by atoms with Crippen molar-refractivity contribution in [1.82, 2.24) is 4.57 Å². The molecule has 2 N–H and O–H groups in total. The number of hydrogen-bond acceptors (Lipinski definition) is 3. The molecule has 0 bridgehead atoms. The number of Topliss-reactive ketones (excluding diaryl/α,β-unsaturated/α-hetero) is 1. The van der Waals surface area contributed by atoms with Crippen molar-refractivity contribution in [2.45, 2.75) is 26.2 Å². The molecular formula is C18H20N2O4. The average molecular weight is 328 g/mol. The third-order valence-electron chi connectivity index (χ3n) is 4.04. The molecule has 1 heterocycles. The van der Waals surface area contributed by atoms with Crippen LogP contribution in [0.25, 0.3) is 0 Å². The second-order valence-corrected chi connectivity index (χ2v) is 6.24. The zero-order valence-electron chi connectivity index (χ0n) is 14.1. The number of aliphatic carboxylic acids is 1. The number of hydrogen-bond donors (Lipinski definition) is 2. The van der Waals surface area contributed by atoms with E-state index in [9.17, 15) is 19.5 Å². The summed E-state index contributed by atoms with van der Waals surface area (Å²) in [6.07, 6.45) is 1.61. The van der Waals surface area contributed by atoms with E-state index in [1.165, 1.54) is 6.92 Å². The number of aromatic nitrogens is 1. The quantitative estimate of drug-likeness (QED) is 0.826. The Morgan fingerprint density at radius 1 is 1.12 bits per heavy atom. The molecule has 1 amide bonds. The van der Waals surface area contributed by atoms with Crippen LogP contribution in [0.2, 0.25) is 0 Å². The van der Waals surface area contributed by atoms with E-state index in [2.05, 4.69) is 5.32 Å². The lowest BCUT2D eigenvalue weighted by atomic mass is 9.85. The molecule has 0 saturated heterocycles. The van der Waals surface area contributed by atoms with Crippen molar-refractivity contribution in [3.63, 3.8) is 0 Å². The monoisotopic (exact) mass is 328 g/mol. The smallest absolute Gasteiger partial charge is 0.313 e. The highest BCUT2D eigenvalue weighted by Crippen LogP contribution is 2.25. The van der Waals surface area contributed by atoms with Gasteiger partial charge in [0.2, 0.25) is 0 Å². The molecule has 0 saturated carbocycles. The van der Waals surface area contributed by atoms with Crippen molar-refractivity contribution >= 4 is 23.3 Å². The summed E-state index contributed by atoms with van der Waals surface area (Å²) < 4.78 is 1.59. The summed E-state index contributed by atoms with van der Waals surface area (Å²) in [6.45, 7) is 4.69. The zero-order valence-corrected chi connectivity index (χ0v) is 14.1. The molecule has 0 fully saturated rings. The van der Waals surface area contributed by atoms with E-state index in [-0.39, 0.29) is 11.7 Å². The van der Waals surface area contributed by atoms with Gasteiger partial charge < -0.3 is 15.0 Å². The molecule has 1 aromatic heterocycles. The van der Waals surface area contributed by atoms with Gasteiger partial charge in [0.1, 0.15) is 5.69 Å². The lowest BCUT2D eigenvalue weighted by Gasteiger charge is -2.19. The number of carbonyl (C=O) groups is 3. The van der Waals surface area contributed by atoms with Crippen molar-refractivity contribution in [3.8, 4) is 0 Å². The number of anilines is 1. The molecule has 0 atom stereocenters. The first kappa shape index (κ1) is 17.5. The standard InChI is InChI=1S/C18H20N2O4/c1-11(21)12-9-15(20(4)10-12)16(22)19-14-7-5-13(6-8-14)18(2,3)17(23)24/h5-10H,1-4H3,(H,19,22)(H,23,24). The van der Waals surface area contributed by atoms with Crippen LogP contribution < -0.4 is 5.32 Å². The van der Waals surface area contributed by atoms with E-state index < -0.39 is 11.4 Å². The predicted molar refractivity (Wildman–Crippen MR) is 90.5 cm³/mol. The van der Waals surface area contributed by atoms with Crippen LogP contribution in [0.3, 0.4) is 0 Å². The number of aryl methyl sites for hydroxylation is 1. The number of amides is 1. The minimum absolute atomic E-state index is 0.107. The Morgan fingerprint density at radius 2 is 1.71 bits per heavy atom. The van der Waals surface area contributed by atoms with Gasteiger partial charge in [-0.1, -0.05) is 12.1 Å². The number of nitrogens with one attached hydrogen (secondary N) is 1. The lowest BCUT2D eigenvalue weighted by Crippen LogP contribution is -2.28. The summed E-state index contributed by atoms with van der Waals surface area (Å²) in [7, 11) is 1.69. The number of carbonyl (C=O) groups excluding carboxylic acids is 2. The van der Waals surface area contributed by atoms with Crippen LogP contribution in [-0.2, 0) is 17.3 Å². The van der Waals surface area contributed by atoms with Crippen LogP contribution in [0.5, 0.6) is 0 Å². The highest BCUT2D eigenvalue weighted by atomic mass is 16.4. The van der Waals surface area contributed by atoms with Crippen LogP contribution in [0.1, 0.15) is 47.2 Å². The van der Waals surface area contributed by atoms with Crippen LogP contribution >= 0.6 is 0 Å². The van der Waals surface area contributed by atoms with Crippen LogP contribution in [0.15, 0.2) is 36.5 Å². The van der Waals surface area contributed by atoms with Gasteiger partial charge in [-0.05, 0) is 44.5 Å². The number of rotatable bonds is 5. The summed E-state index contributed by atoms with van der Waals surface area (Å²) in [4.78, 5) is 35.0. The fourth-order valence-corrected chi connectivity index (χ4v) is 2.27. The van der Waals surface area contributed by atoms with Gasteiger partial charge in [0.15, 0.2) is 5.78 Å². The van der Waals surface area contributed by atoms with E-state index in [1.807, 2.05) is 0 Å². The number of benzene rings is 1. The molecule has 0 aliphatic heterocycles. The Kier molecular flexibility index (Phi) is 4.59. The van der Waals surface area contributed by atoms with Gasteiger partial charge in [0.05, 0.1) is 5.41 Å². The van der Waals surface area contributed by atoms with E-state index in [0.717, 1.165) is 0 Å². The Morgan fingerprint density at radius 3 is 2.17 bits per heavy atom. The molecule has 0 aliphatic carbocycles. The van der Waals surface area contributed by atoms with Crippen molar-refractivity contribution in [1.29, 1.82) is 0 Å². The highest BCUT2D eigenvalue weighted by Gasteiger charge is 2.29. The first-order valence-electron chi connectivity index (χ1n) is 7.45. The largest absolute Gasteiger partial charge is 0.481 e. The van der Waals surface area contributed by atoms with Gasteiger partial charge in [0.25, 0.3) is 5.91 Å². The Balaban J connectivity index is 2.18. The number of carboxylic acid groups (broad SMARTS) is 1. The molecule has 6 nitrogen and oxygen atoms in total. The first-order valence-corrected chi connectivity index (χ1v) is 7.45. The molecule has 126 valence electrons. The van der Waals surface area contributed by atoms with Crippen molar-refractivity contribution in [2.24, 2.45) is 7.05 Å². The van der Waals surface area contributed by atoms with E-state index >= 15 is 0 Å². The SMILES string of the molecule is CC(=O)c1cc(C(=O)Nc2ccc(C(C)(C)C(=O)O)cc2)n(C)c1. The van der Waals surface area contributed by atoms with Gasteiger partial charge in [-0.2, -0.15) is 0 Å². The topological polar surface area (TPSA) is 88.4 Å². The fourth-order valence-electron chi connectivity index (χ4n) is 2.27. The van der Waals surface area contributed by atoms with Crippen LogP contribution in [0.4, 0.5) is 5.69 Å². The zero-order chi connectivity index (χ0) is 18.1. The molecule has 0 unspecified atom stereocenters. The van der Waals surface area contributed by atoms with E-state index in [4.69, 9.17) is 0 Å². The molecule has 1 aromatic carbocycles. The minimum Gasteiger partial charge on any atom is -0.481 e. The fraction of sp³-hybridized carbons (Fsp3) is 0.278. The maximum Gasteiger partial charge on any atom is 0.313 e. The second kappa shape index (κ2) is 6.31. The lowest BCUT2D eigenvalue weighted by molar-refractivity contribution is -0.142. The summed E-state index contributed by atoms with van der Waals surface area (Å²) in [5, 5.41) is 12.0. The predicted octanol–water partition coefficient (Wildman–Crippen LogP) is 2.84. The first-order chi connectivity index (χ1) is 11.1. The van der Waals surface area contributed by atoms with E-state index in [0.29, 0.717) is 22.5 Å². The average Bonchev–Trinajstić information content (AvgIpc) is 2.90. The summed E-state index contributed by atoms with van der Waals surface area (Å²) in [5.74, 6) is -1.36. The molecule has 6 heteroatoms. The number of carboxylic acids is 1. The molecule has 0 aliphatic rings. The van der Waals surface area contributed by atoms with Gasteiger partial charge in [0, 0.05) is 24.5 Å². The van der Waals surface area contributed by atoms with Gasteiger partial charge in [-0.3, -0.25) is 14.4 Å². The molecule has 0 radical (unpaired) electrons. The minimum atomic E-state index is -1.00. The normalized spacial score (nSPS) is 11.2. The highest BCUT2D eigenvalue weighted by molar-refractivity contribution is 6.05. The maximum atomic E-state index is 12.3. The molecule has 0 spiro atoms. The Bertz CT molecular complexity index is 801. The van der Waals surface area contributed by atoms with Gasteiger partial charge >= 0.3 is 5.97 Å². The Hall–Kier alpha value is -2.89. The van der Waals surface area contributed by atoms with Gasteiger partial charge in [-0.25, -0.2) is 0 Å². The molecule has 24 heavy (non-hydrogen) atoms. The number of nitrogens with zero attached hydrogens (tertiary/aromatic N) is 1. The second-order valence-electron chi connectivity index (χ2n) is 6.24. The summed E-state index contributed by atoms with van der Waals surface area (Å²) >= 11 is 0. The van der Waals surface area contributed by atoms with Crippen molar-refractivity contribution < 1.29 is 19.5 Å².